The van der Waals surface area contributed by atoms with Gasteiger partial charge >= 0.3 is 30.7 Å². The molecule has 1 aliphatic rings. The van der Waals surface area contributed by atoms with E-state index in [0.717, 1.165) is 12.0 Å². The van der Waals surface area contributed by atoms with Crippen LogP contribution in [0.25, 0.3) is 0 Å². The number of nitrogens with zero attached hydrogens (tertiary/aromatic N) is 2. The fraction of sp³-hybridized carbons (Fsp3) is 0.462. The summed E-state index contributed by atoms with van der Waals surface area (Å²) in [5.74, 6) is -1.79. The molecule has 42 heavy (non-hydrogen) atoms. The smallest absolute Gasteiger partial charge is 0.419 e. The number of benzene rings is 2. The summed E-state index contributed by atoms with van der Waals surface area (Å²) < 4.78 is 146. The minimum atomic E-state index is -5.21. The lowest BCUT2D eigenvalue weighted by atomic mass is 9.89. The van der Waals surface area contributed by atoms with Crippen LogP contribution in [-0.2, 0) is 34.5 Å². The fourth-order valence-electron chi connectivity index (χ4n) is 4.62. The molecule has 0 spiro atoms. The lowest BCUT2D eigenvalue weighted by Crippen LogP contribution is -2.48. The first-order valence-electron chi connectivity index (χ1n) is 12.2. The molecule has 0 saturated carbocycles. The maximum Gasteiger partial charge on any atom is 0.419 e. The van der Waals surface area contributed by atoms with Crippen molar-refractivity contribution in [3.63, 3.8) is 0 Å². The van der Waals surface area contributed by atoms with E-state index in [4.69, 9.17) is 4.74 Å². The first kappa shape index (κ1) is 32.8. The summed E-state index contributed by atoms with van der Waals surface area (Å²) in [5, 5.41) is 0. The Balaban J connectivity index is 2.23. The summed E-state index contributed by atoms with van der Waals surface area (Å²) in [6, 6.07) is -1.12. The Morgan fingerprint density at radius 2 is 1.48 bits per heavy atom. The van der Waals surface area contributed by atoms with Crippen LogP contribution < -0.4 is 4.90 Å². The minimum Gasteiger partial charge on any atom is -0.453 e. The highest BCUT2D eigenvalue weighted by Gasteiger charge is 2.44. The number of carbonyl (C=O) groups is 2. The third-order valence-electron chi connectivity index (χ3n) is 6.36. The van der Waals surface area contributed by atoms with E-state index in [2.05, 4.69) is 4.74 Å². The van der Waals surface area contributed by atoms with Crippen molar-refractivity contribution in [1.29, 1.82) is 0 Å². The highest BCUT2D eigenvalue weighted by atomic mass is 19.4. The van der Waals surface area contributed by atoms with Crippen LogP contribution in [0.1, 0.15) is 61.1 Å². The molecule has 2 atom stereocenters. The van der Waals surface area contributed by atoms with Gasteiger partial charge in [0.2, 0.25) is 0 Å². The standard InChI is InChI=1S/C26H24F10N2O4/c1-12(2)42-23(40)38-13(3)5-20(17-9-19(27)18(10-21(17)38)26(34,35)36)37(22(39)41-4)11-14-6-15(24(28,29)30)8-16(7-14)25(31,32)33/h6-10,12-13,20H,5,11H2,1-4H3/t13-,20+/m0/s1. The van der Waals surface area contributed by atoms with Crippen LogP contribution in [0.5, 0.6) is 0 Å². The topological polar surface area (TPSA) is 59.1 Å². The third-order valence-corrected chi connectivity index (χ3v) is 6.36. The molecule has 0 unspecified atom stereocenters. The summed E-state index contributed by atoms with van der Waals surface area (Å²) in [5.41, 5.74) is -6.64. The molecule has 232 valence electrons. The van der Waals surface area contributed by atoms with Crippen molar-refractivity contribution in [3.05, 3.63) is 64.0 Å². The van der Waals surface area contributed by atoms with Gasteiger partial charge in [0.05, 0.1) is 41.6 Å². The van der Waals surface area contributed by atoms with Gasteiger partial charge in [-0.2, -0.15) is 39.5 Å². The van der Waals surface area contributed by atoms with Gasteiger partial charge in [0.15, 0.2) is 0 Å². The highest BCUT2D eigenvalue weighted by molar-refractivity contribution is 5.91. The molecule has 0 radical (unpaired) electrons. The van der Waals surface area contributed by atoms with Crippen LogP contribution in [0.4, 0.5) is 59.2 Å². The molecule has 1 aliphatic heterocycles. The van der Waals surface area contributed by atoms with Gasteiger partial charge in [-0.25, -0.2) is 14.0 Å². The Hall–Kier alpha value is -3.72. The van der Waals surface area contributed by atoms with Crippen LogP contribution in [0.2, 0.25) is 0 Å². The van der Waals surface area contributed by atoms with Crippen molar-refractivity contribution >= 4 is 17.9 Å². The van der Waals surface area contributed by atoms with Crippen LogP contribution in [-0.4, -0.2) is 36.3 Å². The molecular weight excluding hydrogens is 594 g/mol. The van der Waals surface area contributed by atoms with Gasteiger partial charge in [-0.15, -0.1) is 0 Å². The number of amides is 2. The number of rotatable bonds is 4. The molecule has 0 aliphatic carbocycles. The monoisotopic (exact) mass is 618 g/mol. The van der Waals surface area contributed by atoms with Crippen molar-refractivity contribution in [2.24, 2.45) is 0 Å². The Morgan fingerprint density at radius 1 is 0.929 bits per heavy atom. The van der Waals surface area contributed by atoms with Gasteiger partial charge in [0.1, 0.15) is 5.82 Å². The Bertz CT molecular complexity index is 1310. The van der Waals surface area contributed by atoms with Gasteiger partial charge in [-0.05, 0) is 63.1 Å². The highest BCUT2D eigenvalue weighted by Crippen LogP contribution is 2.46. The van der Waals surface area contributed by atoms with Crippen LogP contribution in [0, 0.1) is 5.82 Å². The van der Waals surface area contributed by atoms with E-state index in [0.29, 0.717) is 29.2 Å². The number of methoxy groups -OCH3 is 1. The second-order valence-electron chi connectivity index (χ2n) is 9.80. The van der Waals surface area contributed by atoms with Gasteiger partial charge in [-0.3, -0.25) is 9.80 Å². The summed E-state index contributed by atoms with van der Waals surface area (Å²) in [7, 11) is 0.857. The predicted octanol–water partition coefficient (Wildman–Crippen LogP) is 8.34. The number of carbonyl (C=O) groups excluding carboxylic acids is 2. The number of ether oxygens (including phenoxy) is 2. The summed E-state index contributed by atoms with van der Waals surface area (Å²) in [6.45, 7) is 3.34. The van der Waals surface area contributed by atoms with Crippen molar-refractivity contribution in [2.75, 3.05) is 12.0 Å². The summed E-state index contributed by atoms with van der Waals surface area (Å²) in [6.07, 6.45) is -19.1. The second kappa shape index (κ2) is 11.5. The maximum atomic E-state index is 14.8. The molecular formula is C26H24F10N2O4. The molecule has 0 N–H and O–H groups in total. The Morgan fingerprint density at radius 3 is 1.93 bits per heavy atom. The summed E-state index contributed by atoms with van der Waals surface area (Å²) >= 11 is 0. The molecule has 0 aromatic heterocycles. The summed E-state index contributed by atoms with van der Waals surface area (Å²) in [4.78, 5) is 27.2. The van der Waals surface area contributed by atoms with Crippen LogP contribution in [0.3, 0.4) is 0 Å². The van der Waals surface area contributed by atoms with Crippen LogP contribution in [0.15, 0.2) is 30.3 Å². The minimum absolute atomic E-state index is 0.115. The Kier molecular flexibility index (Phi) is 8.99. The second-order valence-corrected chi connectivity index (χ2v) is 9.80. The molecule has 3 rings (SSSR count). The number of halogens is 10. The van der Waals surface area contributed by atoms with E-state index in [1.807, 2.05) is 0 Å². The largest absolute Gasteiger partial charge is 0.453 e. The zero-order valence-electron chi connectivity index (χ0n) is 22.3. The van der Waals surface area contributed by atoms with E-state index in [1.165, 1.54) is 20.8 Å². The number of anilines is 1. The maximum absolute atomic E-state index is 14.8. The zero-order valence-corrected chi connectivity index (χ0v) is 22.3. The fourth-order valence-corrected chi connectivity index (χ4v) is 4.62. The van der Waals surface area contributed by atoms with Gasteiger partial charge in [0, 0.05) is 18.2 Å². The number of hydrogen-bond acceptors (Lipinski definition) is 4. The molecule has 0 fully saturated rings. The van der Waals surface area contributed by atoms with E-state index >= 15 is 0 Å². The van der Waals surface area contributed by atoms with E-state index in [-0.39, 0.29) is 18.1 Å². The van der Waals surface area contributed by atoms with E-state index in [9.17, 15) is 53.5 Å². The molecule has 6 nitrogen and oxygen atoms in total. The molecule has 2 aromatic carbocycles. The first-order valence-corrected chi connectivity index (χ1v) is 12.2. The predicted molar refractivity (Wildman–Crippen MR) is 127 cm³/mol. The van der Waals surface area contributed by atoms with Crippen molar-refractivity contribution < 1.29 is 63.0 Å². The Labute approximate surface area is 232 Å². The van der Waals surface area contributed by atoms with Crippen LogP contribution >= 0.6 is 0 Å². The van der Waals surface area contributed by atoms with Crippen molar-refractivity contribution in [1.82, 2.24) is 4.90 Å². The molecule has 1 heterocycles. The number of alkyl halides is 9. The first-order chi connectivity index (χ1) is 19.1. The van der Waals surface area contributed by atoms with Gasteiger partial charge in [-0.1, -0.05) is 0 Å². The number of hydrogen-bond donors (Lipinski definition) is 0. The molecule has 0 saturated heterocycles. The molecule has 16 heteroatoms. The average molecular weight is 618 g/mol. The van der Waals surface area contributed by atoms with Crippen molar-refractivity contribution in [2.45, 2.75) is 70.5 Å². The zero-order chi connectivity index (χ0) is 31.9. The molecule has 0 bridgehead atoms. The van der Waals surface area contributed by atoms with Gasteiger partial charge in [0.25, 0.3) is 0 Å². The normalized spacial score (nSPS) is 17.6. The van der Waals surface area contributed by atoms with Crippen molar-refractivity contribution in [3.8, 4) is 0 Å². The lowest BCUT2D eigenvalue weighted by molar-refractivity contribution is -0.143. The quantitative estimate of drug-likeness (QED) is 0.324. The van der Waals surface area contributed by atoms with Gasteiger partial charge < -0.3 is 9.47 Å². The third kappa shape index (κ3) is 7.01. The van der Waals surface area contributed by atoms with E-state index in [1.54, 1.807) is 0 Å². The molecule has 2 aromatic rings. The SMILES string of the molecule is COC(=O)N(Cc1cc(C(F)(F)F)cc(C(F)(F)F)c1)[C@@H]1C[C@H](C)N(C(=O)OC(C)C)c2cc(C(F)(F)F)c(F)cc21. The lowest BCUT2D eigenvalue weighted by Gasteiger charge is -2.43. The number of fused-ring (bicyclic) bond motifs is 1. The van der Waals surface area contributed by atoms with E-state index < -0.39 is 89.2 Å². The molecule has 2 amide bonds. The average Bonchev–Trinajstić information content (AvgIpc) is 2.84.